The van der Waals surface area contributed by atoms with Gasteiger partial charge in [0.2, 0.25) is 5.89 Å². The fourth-order valence-corrected chi connectivity index (χ4v) is 0.849. The number of nitrogens with one attached hydrogen (secondary N) is 1. The molecule has 0 fully saturated rings. The monoisotopic (exact) mass is 198 g/mol. The molecule has 14 heavy (non-hydrogen) atoms. The Morgan fingerprint density at radius 3 is 2.71 bits per heavy atom. The molecule has 6 nitrogen and oxygen atoms in total. The van der Waals surface area contributed by atoms with Crippen LogP contribution in [0.5, 0.6) is 0 Å². The van der Waals surface area contributed by atoms with Gasteiger partial charge in [0.05, 0.1) is 5.92 Å². The summed E-state index contributed by atoms with van der Waals surface area (Å²) >= 11 is 0. The number of nitrogens with two attached hydrogens (primary N) is 1. The smallest absolute Gasteiger partial charge is 0.292 e. The maximum absolute atomic E-state index is 11.1. The summed E-state index contributed by atoms with van der Waals surface area (Å²) in [5, 5.41) is 5.94. The third-order valence-corrected chi connectivity index (χ3v) is 2.05. The average molecular weight is 198 g/mol. The zero-order valence-electron chi connectivity index (χ0n) is 8.44. The molecule has 6 heteroatoms. The van der Waals surface area contributed by atoms with Crippen molar-refractivity contribution in [3.63, 3.8) is 0 Å². The Hall–Kier alpha value is -1.43. The van der Waals surface area contributed by atoms with Gasteiger partial charge in [0.25, 0.3) is 11.7 Å². The van der Waals surface area contributed by atoms with E-state index in [0.717, 1.165) is 0 Å². The van der Waals surface area contributed by atoms with E-state index in [1.807, 2.05) is 13.8 Å². The molecule has 1 rings (SSSR count). The number of hydrogen-bond donors (Lipinski definition) is 2. The van der Waals surface area contributed by atoms with Crippen molar-refractivity contribution >= 4 is 5.91 Å². The number of carbonyl (C=O) groups excluding carboxylic acids is 1. The fraction of sp³-hybridized carbons (Fsp3) is 0.625. The van der Waals surface area contributed by atoms with Crippen molar-refractivity contribution in [1.82, 2.24) is 15.5 Å². The molecule has 1 aromatic rings. The van der Waals surface area contributed by atoms with Crippen LogP contribution in [0.1, 0.15) is 36.3 Å². The molecule has 2 unspecified atom stereocenters. The van der Waals surface area contributed by atoms with Crippen molar-refractivity contribution < 1.29 is 9.32 Å². The lowest BCUT2D eigenvalue weighted by Crippen LogP contribution is -2.23. The van der Waals surface area contributed by atoms with Gasteiger partial charge in [-0.15, -0.1) is 0 Å². The average Bonchev–Trinajstić information content (AvgIpc) is 2.64. The predicted octanol–water partition coefficient (Wildman–Crippen LogP) is -0.120. The number of aromatic nitrogens is 2. The van der Waals surface area contributed by atoms with E-state index < -0.39 is 0 Å². The van der Waals surface area contributed by atoms with Crippen molar-refractivity contribution in [3.05, 3.63) is 11.7 Å². The van der Waals surface area contributed by atoms with Crippen LogP contribution in [0.2, 0.25) is 0 Å². The normalized spacial score (nSPS) is 14.9. The van der Waals surface area contributed by atoms with Crippen molar-refractivity contribution in [2.75, 3.05) is 7.05 Å². The minimum Gasteiger partial charge on any atom is -0.352 e. The second-order valence-corrected chi connectivity index (χ2v) is 3.18. The Balaban J connectivity index is 2.82. The van der Waals surface area contributed by atoms with Gasteiger partial charge in [0, 0.05) is 13.1 Å². The number of amides is 1. The lowest BCUT2D eigenvalue weighted by atomic mass is 10.1. The highest BCUT2D eigenvalue weighted by Gasteiger charge is 2.20. The molecular weight excluding hydrogens is 184 g/mol. The minimum atomic E-state index is -0.364. The number of carbonyl (C=O) groups is 1. The molecule has 0 saturated heterocycles. The van der Waals surface area contributed by atoms with Gasteiger partial charge in [-0.25, -0.2) is 0 Å². The quantitative estimate of drug-likeness (QED) is 0.706. The van der Waals surface area contributed by atoms with E-state index in [1.165, 1.54) is 7.05 Å². The molecule has 0 aromatic carbocycles. The van der Waals surface area contributed by atoms with Crippen molar-refractivity contribution in [2.24, 2.45) is 5.73 Å². The van der Waals surface area contributed by atoms with E-state index >= 15 is 0 Å². The second-order valence-electron chi connectivity index (χ2n) is 3.18. The van der Waals surface area contributed by atoms with Crippen molar-refractivity contribution in [2.45, 2.75) is 25.8 Å². The SMILES string of the molecule is CNC(=O)c1noc(C(C)C(C)N)n1. The molecule has 2 atom stereocenters. The molecule has 1 heterocycles. The number of hydrogen-bond acceptors (Lipinski definition) is 5. The zero-order chi connectivity index (χ0) is 10.7. The molecule has 0 aliphatic rings. The van der Waals surface area contributed by atoms with Gasteiger partial charge in [-0.3, -0.25) is 4.79 Å². The minimum absolute atomic E-state index is 0.0370. The first-order chi connectivity index (χ1) is 6.56. The van der Waals surface area contributed by atoms with Gasteiger partial charge in [-0.05, 0) is 6.92 Å². The lowest BCUT2D eigenvalue weighted by Gasteiger charge is -2.08. The highest BCUT2D eigenvalue weighted by Crippen LogP contribution is 2.15. The maximum atomic E-state index is 11.1. The Morgan fingerprint density at radius 1 is 1.57 bits per heavy atom. The van der Waals surface area contributed by atoms with Crippen LogP contribution < -0.4 is 11.1 Å². The van der Waals surface area contributed by atoms with Gasteiger partial charge in [0.1, 0.15) is 0 Å². The molecule has 78 valence electrons. The van der Waals surface area contributed by atoms with E-state index in [4.69, 9.17) is 10.3 Å². The van der Waals surface area contributed by atoms with Crippen LogP contribution in [-0.4, -0.2) is 29.1 Å². The molecule has 0 saturated carbocycles. The second kappa shape index (κ2) is 4.19. The Kier molecular flexibility index (Phi) is 3.19. The summed E-state index contributed by atoms with van der Waals surface area (Å²) in [6.45, 7) is 3.71. The molecule has 0 aliphatic heterocycles. The maximum Gasteiger partial charge on any atom is 0.292 e. The number of rotatable bonds is 3. The molecule has 3 N–H and O–H groups in total. The Labute approximate surface area is 81.9 Å². The van der Waals surface area contributed by atoms with E-state index in [1.54, 1.807) is 0 Å². The van der Waals surface area contributed by atoms with Crippen LogP contribution in [0.15, 0.2) is 4.52 Å². The molecule has 1 aromatic heterocycles. The van der Waals surface area contributed by atoms with Crippen LogP contribution in [0.3, 0.4) is 0 Å². The fourth-order valence-electron chi connectivity index (χ4n) is 0.849. The summed E-state index contributed by atoms with van der Waals surface area (Å²) in [6.07, 6.45) is 0. The summed E-state index contributed by atoms with van der Waals surface area (Å²) < 4.78 is 4.91. The van der Waals surface area contributed by atoms with Crippen LogP contribution in [0.25, 0.3) is 0 Å². The van der Waals surface area contributed by atoms with Gasteiger partial charge in [-0.1, -0.05) is 12.1 Å². The van der Waals surface area contributed by atoms with Crippen molar-refractivity contribution in [3.8, 4) is 0 Å². The van der Waals surface area contributed by atoms with Crippen molar-refractivity contribution in [1.29, 1.82) is 0 Å². The van der Waals surface area contributed by atoms with E-state index in [0.29, 0.717) is 5.89 Å². The first-order valence-corrected chi connectivity index (χ1v) is 4.37. The summed E-state index contributed by atoms with van der Waals surface area (Å²) in [5.41, 5.74) is 5.66. The molecule has 0 spiro atoms. The van der Waals surface area contributed by atoms with E-state index in [2.05, 4.69) is 15.5 Å². The van der Waals surface area contributed by atoms with Crippen LogP contribution in [0.4, 0.5) is 0 Å². The molecule has 1 amide bonds. The van der Waals surface area contributed by atoms with Crippen LogP contribution >= 0.6 is 0 Å². The third-order valence-electron chi connectivity index (χ3n) is 2.05. The highest BCUT2D eigenvalue weighted by molar-refractivity contribution is 5.89. The van der Waals surface area contributed by atoms with E-state index in [9.17, 15) is 4.79 Å². The Bertz CT molecular complexity index is 321. The summed E-state index contributed by atoms with van der Waals surface area (Å²) in [5.74, 6) is 0.00591. The van der Waals surface area contributed by atoms with Gasteiger partial charge in [-0.2, -0.15) is 4.98 Å². The van der Waals surface area contributed by atoms with Gasteiger partial charge in [0.15, 0.2) is 0 Å². The summed E-state index contributed by atoms with van der Waals surface area (Å²) in [7, 11) is 1.51. The van der Waals surface area contributed by atoms with E-state index in [-0.39, 0.29) is 23.7 Å². The Morgan fingerprint density at radius 2 is 2.21 bits per heavy atom. The molecule has 0 radical (unpaired) electrons. The first kappa shape index (κ1) is 10.6. The van der Waals surface area contributed by atoms with Gasteiger partial charge < -0.3 is 15.6 Å². The number of nitrogens with zero attached hydrogens (tertiary/aromatic N) is 2. The largest absolute Gasteiger partial charge is 0.352 e. The molecule has 0 bridgehead atoms. The van der Waals surface area contributed by atoms with Crippen LogP contribution in [-0.2, 0) is 0 Å². The third kappa shape index (κ3) is 2.08. The molecule has 0 aliphatic carbocycles. The summed E-state index contributed by atoms with van der Waals surface area (Å²) in [4.78, 5) is 15.0. The highest BCUT2D eigenvalue weighted by atomic mass is 16.5. The standard InChI is InChI=1S/C8H14N4O2/c1-4(5(2)9)8-11-6(12-14-8)7(13)10-3/h4-5H,9H2,1-3H3,(H,10,13). The van der Waals surface area contributed by atoms with Crippen LogP contribution in [0, 0.1) is 0 Å². The predicted molar refractivity (Wildman–Crippen MR) is 49.8 cm³/mol. The van der Waals surface area contributed by atoms with Gasteiger partial charge >= 0.3 is 0 Å². The zero-order valence-corrected chi connectivity index (χ0v) is 8.44. The summed E-state index contributed by atoms with van der Waals surface area (Å²) in [6, 6.07) is -0.0898. The topological polar surface area (TPSA) is 94.0 Å². The first-order valence-electron chi connectivity index (χ1n) is 4.37. The molecular formula is C8H14N4O2. The lowest BCUT2D eigenvalue weighted by molar-refractivity contribution is 0.0950.